The molecule has 4 heteroatoms. The van der Waals surface area contributed by atoms with E-state index in [1.165, 1.54) is 6.07 Å². The highest BCUT2D eigenvalue weighted by atomic mass is 16.6. The van der Waals surface area contributed by atoms with Gasteiger partial charge < -0.3 is 5.73 Å². The summed E-state index contributed by atoms with van der Waals surface area (Å²) >= 11 is 0. The number of nitro groups is 1. The molecule has 0 heterocycles. The van der Waals surface area contributed by atoms with E-state index in [1.807, 2.05) is 6.92 Å². The third-order valence-corrected chi connectivity index (χ3v) is 1.84. The van der Waals surface area contributed by atoms with Crippen LogP contribution >= 0.6 is 0 Å². The van der Waals surface area contributed by atoms with Crippen molar-refractivity contribution in [1.29, 1.82) is 0 Å². The maximum absolute atomic E-state index is 10.7. The lowest BCUT2D eigenvalue weighted by Crippen LogP contribution is -2.00. The van der Waals surface area contributed by atoms with Crippen molar-refractivity contribution >= 4 is 11.4 Å². The van der Waals surface area contributed by atoms with E-state index in [4.69, 9.17) is 5.73 Å². The first kappa shape index (κ1) is 10.2. The molecule has 0 radical (unpaired) electrons. The third kappa shape index (κ3) is 2.10. The molecule has 2 N–H and O–H groups in total. The maximum Gasteiger partial charge on any atom is 0.278 e. The summed E-state index contributed by atoms with van der Waals surface area (Å²) in [6.45, 7) is 1.93. The van der Waals surface area contributed by atoms with Crippen LogP contribution in [0.25, 0.3) is 5.70 Å². The molecule has 0 saturated heterocycles. The molecule has 0 aromatic heterocycles. The topological polar surface area (TPSA) is 69.2 Å². The summed E-state index contributed by atoms with van der Waals surface area (Å²) in [5.74, 6) is 0. The van der Waals surface area contributed by atoms with Gasteiger partial charge in [-0.05, 0) is 12.5 Å². The maximum atomic E-state index is 10.7. The van der Waals surface area contributed by atoms with Crippen LogP contribution in [0.15, 0.2) is 30.3 Å². The molecule has 0 bridgehead atoms. The van der Waals surface area contributed by atoms with Crippen LogP contribution in [-0.4, -0.2) is 4.92 Å². The third-order valence-electron chi connectivity index (χ3n) is 1.84. The molecule has 4 nitrogen and oxygen atoms in total. The molecule has 1 aromatic carbocycles. The molecular formula is C10H12N2O2. The van der Waals surface area contributed by atoms with Crippen molar-refractivity contribution in [2.45, 2.75) is 13.3 Å². The Hall–Kier alpha value is -1.84. The van der Waals surface area contributed by atoms with Crippen LogP contribution in [0, 0.1) is 10.1 Å². The normalized spacial score (nSPS) is 11.4. The quantitative estimate of drug-likeness (QED) is 0.590. The molecular weight excluding hydrogens is 180 g/mol. The van der Waals surface area contributed by atoms with Gasteiger partial charge in [0.25, 0.3) is 5.69 Å². The van der Waals surface area contributed by atoms with Gasteiger partial charge in [-0.3, -0.25) is 10.1 Å². The molecule has 0 aliphatic rings. The number of para-hydroxylation sites is 1. The van der Waals surface area contributed by atoms with Gasteiger partial charge in [-0.15, -0.1) is 0 Å². The highest BCUT2D eigenvalue weighted by Gasteiger charge is 2.13. The minimum absolute atomic E-state index is 0.0506. The van der Waals surface area contributed by atoms with Gasteiger partial charge in [0.15, 0.2) is 0 Å². The largest absolute Gasteiger partial charge is 0.398 e. The Balaban J connectivity index is 3.20. The van der Waals surface area contributed by atoms with Gasteiger partial charge in [-0.25, -0.2) is 0 Å². The first-order chi connectivity index (χ1) is 6.66. The first-order valence-electron chi connectivity index (χ1n) is 4.36. The van der Waals surface area contributed by atoms with E-state index in [0.29, 0.717) is 11.3 Å². The Morgan fingerprint density at radius 1 is 1.57 bits per heavy atom. The van der Waals surface area contributed by atoms with Crippen LogP contribution in [0.2, 0.25) is 0 Å². The Morgan fingerprint density at radius 2 is 2.21 bits per heavy atom. The van der Waals surface area contributed by atoms with Gasteiger partial charge in [0.1, 0.15) is 0 Å². The number of nitrogens with zero attached hydrogens (tertiary/aromatic N) is 1. The number of nitrogens with two attached hydrogens (primary N) is 1. The molecule has 0 fully saturated rings. The van der Waals surface area contributed by atoms with Crippen molar-refractivity contribution in [3.8, 4) is 0 Å². The van der Waals surface area contributed by atoms with Crippen LogP contribution < -0.4 is 5.73 Å². The summed E-state index contributed by atoms with van der Waals surface area (Å²) in [5, 5.41) is 10.7. The Bertz CT molecular complexity index is 372. The zero-order chi connectivity index (χ0) is 10.6. The fraction of sp³-hybridized carbons (Fsp3) is 0.200. The van der Waals surface area contributed by atoms with E-state index in [1.54, 1.807) is 24.3 Å². The molecule has 0 spiro atoms. The molecule has 0 saturated carbocycles. The molecule has 74 valence electrons. The van der Waals surface area contributed by atoms with E-state index in [0.717, 1.165) is 6.42 Å². The van der Waals surface area contributed by atoms with Gasteiger partial charge in [0.2, 0.25) is 0 Å². The monoisotopic (exact) mass is 192 g/mol. The predicted molar refractivity (Wildman–Crippen MR) is 55.6 cm³/mol. The molecule has 0 aliphatic heterocycles. The molecule has 0 unspecified atom stereocenters. The second kappa shape index (κ2) is 4.41. The Morgan fingerprint density at radius 3 is 2.79 bits per heavy atom. The second-order valence-electron chi connectivity index (χ2n) is 2.84. The number of hydrogen-bond donors (Lipinski definition) is 1. The van der Waals surface area contributed by atoms with E-state index < -0.39 is 4.92 Å². The lowest BCUT2D eigenvalue weighted by atomic mass is 10.1. The van der Waals surface area contributed by atoms with Gasteiger partial charge in [-0.1, -0.05) is 25.1 Å². The molecule has 14 heavy (non-hydrogen) atoms. The van der Waals surface area contributed by atoms with Crippen molar-refractivity contribution in [2.24, 2.45) is 5.73 Å². The highest BCUT2D eigenvalue weighted by Crippen LogP contribution is 2.22. The average molecular weight is 192 g/mol. The summed E-state index contributed by atoms with van der Waals surface area (Å²) in [6, 6.07) is 6.46. The summed E-state index contributed by atoms with van der Waals surface area (Å²) in [4.78, 5) is 10.2. The zero-order valence-electron chi connectivity index (χ0n) is 7.93. The predicted octanol–water partition coefficient (Wildman–Crippen LogP) is 2.30. The van der Waals surface area contributed by atoms with Gasteiger partial charge in [0.05, 0.1) is 10.5 Å². The van der Waals surface area contributed by atoms with Crippen molar-refractivity contribution in [2.75, 3.05) is 0 Å². The summed E-state index contributed by atoms with van der Waals surface area (Å²) in [5.41, 5.74) is 6.70. The zero-order valence-corrected chi connectivity index (χ0v) is 7.93. The molecule has 1 aromatic rings. The van der Waals surface area contributed by atoms with E-state index >= 15 is 0 Å². The van der Waals surface area contributed by atoms with Crippen LogP contribution in [0.1, 0.15) is 18.9 Å². The number of nitro benzene ring substituents is 1. The Labute approximate surface area is 82.2 Å². The van der Waals surface area contributed by atoms with Crippen molar-refractivity contribution in [1.82, 2.24) is 0 Å². The lowest BCUT2D eigenvalue weighted by Gasteiger charge is -2.01. The molecule has 0 amide bonds. The van der Waals surface area contributed by atoms with E-state index in [2.05, 4.69) is 0 Å². The smallest absolute Gasteiger partial charge is 0.278 e. The number of rotatable bonds is 3. The fourth-order valence-corrected chi connectivity index (χ4v) is 1.21. The molecule has 0 aliphatic carbocycles. The first-order valence-corrected chi connectivity index (χ1v) is 4.36. The van der Waals surface area contributed by atoms with Crippen LogP contribution in [0.5, 0.6) is 0 Å². The van der Waals surface area contributed by atoms with Gasteiger partial charge >= 0.3 is 0 Å². The van der Waals surface area contributed by atoms with Gasteiger partial charge in [-0.2, -0.15) is 0 Å². The standard InChI is InChI=1S/C10H12N2O2/c1-2-5-9(11)8-6-3-4-7-10(8)12(13)14/h3-7H,2,11H2,1H3. The fourth-order valence-electron chi connectivity index (χ4n) is 1.21. The summed E-state index contributed by atoms with van der Waals surface area (Å²) in [6.07, 6.45) is 2.53. The lowest BCUT2D eigenvalue weighted by molar-refractivity contribution is -0.385. The van der Waals surface area contributed by atoms with Crippen LogP contribution in [0.3, 0.4) is 0 Å². The summed E-state index contributed by atoms with van der Waals surface area (Å²) < 4.78 is 0. The second-order valence-corrected chi connectivity index (χ2v) is 2.84. The van der Waals surface area contributed by atoms with Crippen LogP contribution in [0.4, 0.5) is 5.69 Å². The van der Waals surface area contributed by atoms with Crippen molar-refractivity contribution in [3.05, 3.63) is 46.0 Å². The van der Waals surface area contributed by atoms with Crippen molar-refractivity contribution in [3.63, 3.8) is 0 Å². The van der Waals surface area contributed by atoms with E-state index in [-0.39, 0.29) is 5.69 Å². The average Bonchev–Trinajstić information content (AvgIpc) is 2.18. The number of benzene rings is 1. The molecule has 1 rings (SSSR count). The van der Waals surface area contributed by atoms with E-state index in [9.17, 15) is 10.1 Å². The minimum Gasteiger partial charge on any atom is -0.398 e. The SMILES string of the molecule is CCC=C(N)c1ccccc1[N+](=O)[O-]. The molecule has 0 atom stereocenters. The van der Waals surface area contributed by atoms with Crippen LogP contribution in [-0.2, 0) is 0 Å². The number of allylic oxidation sites excluding steroid dienone is 1. The summed E-state index contributed by atoms with van der Waals surface area (Å²) in [7, 11) is 0. The Kier molecular flexibility index (Phi) is 3.23. The van der Waals surface area contributed by atoms with Crippen molar-refractivity contribution < 1.29 is 4.92 Å². The minimum atomic E-state index is -0.425. The van der Waals surface area contributed by atoms with Gasteiger partial charge in [0, 0.05) is 11.8 Å². The number of hydrogen-bond acceptors (Lipinski definition) is 3. The highest BCUT2D eigenvalue weighted by molar-refractivity contribution is 5.70.